The van der Waals surface area contributed by atoms with Crippen LogP contribution in [0.3, 0.4) is 0 Å². The molecule has 1 nitrogen and oxygen atoms in total. The smallest absolute Gasteiger partial charge is 0.166 e. The summed E-state index contributed by atoms with van der Waals surface area (Å²) in [4.78, 5) is 3.53. The van der Waals surface area contributed by atoms with E-state index in [4.69, 9.17) is 23.2 Å². The van der Waals surface area contributed by atoms with Gasteiger partial charge in [-0.15, -0.1) is 0 Å². The first-order valence-corrected chi connectivity index (χ1v) is 4.35. The van der Waals surface area contributed by atoms with Crippen LogP contribution in [-0.4, -0.2) is 4.98 Å². The molecule has 1 heterocycles. The van der Waals surface area contributed by atoms with Crippen molar-refractivity contribution in [3.05, 3.63) is 27.8 Å². The summed E-state index contributed by atoms with van der Waals surface area (Å²) in [5.41, 5.74) is 0.587. The minimum absolute atomic E-state index is 0.185. The second-order valence-electron chi connectivity index (χ2n) is 1.87. The Kier molecular flexibility index (Phi) is 5.18. The van der Waals surface area contributed by atoms with Crippen LogP contribution in [-0.2, 0) is 0 Å². The fourth-order valence-electron chi connectivity index (χ4n) is 0.537. The maximum atomic E-state index is 12.5. The van der Waals surface area contributed by atoms with Crippen molar-refractivity contribution in [1.82, 2.24) is 4.98 Å². The Morgan fingerprint density at radius 2 is 1.75 bits per heavy atom. The maximum absolute atomic E-state index is 12.5. The molecule has 1 aromatic heterocycles. The van der Waals surface area contributed by atoms with Gasteiger partial charge in [0, 0.05) is 0 Å². The summed E-state index contributed by atoms with van der Waals surface area (Å²) in [6, 6.07) is 1.25. The van der Waals surface area contributed by atoms with Gasteiger partial charge >= 0.3 is 0 Å². The lowest BCUT2D eigenvalue weighted by atomic mass is 10.3. The molecule has 0 spiro atoms. The lowest BCUT2D eigenvalue weighted by Gasteiger charge is -1.96. The molecule has 1 aromatic rings. The number of hydrogen-bond acceptors (Lipinski definition) is 1. The Morgan fingerprint density at radius 3 is 2.17 bits per heavy atom. The van der Waals surface area contributed by atoms with Crippen LogP contribution in [0.15, 0.2) is 6.07 Å². The Balaban J connectivity index is 0.000000561. The van der Waals surface area contributed by atoms with E-state index in [9.17, 15) is 4.39 Å². The van der Waals surface area contributed by atoms with Crippen molar-refractivity contribution >= 4 is 23.2 Å². The van der Waals surface area contributed by atoms with Gasteiger partial charge in [0.25, 0.3) is 0 Å². The molecule has 68 valence electrons. The highest BCUT2D eigenvalue weighted by molar-refractivity contribution is 6.32. The molecule has 0 fully saturated rings. The van der Waals surface area contributed by atoms with Gasteiger partial charge < -0.3 is 0 Å². The molecule has 0 saturated carbocycles. The van der Waals surface area contributed by atoms with E-state index in [2.05, 4.69) is 4.98 Å². The third-order valence-corrected chi connectivity index (χ3v) is 1.71. The zero-order chi connectivity index (χ0) is 9.72. The van der Waals surface area contributed by atoms with Crippen LogP contribution in [0.25, 0.3) is 0 Å². The van der Waals surface area contributed by atoms with Crippen molar-refractivity contribution in [1.29, 1.82) is 0 Å². The lowest BCUT2D eigenvalue weighted by Crippen LogP contribution is -1.86. The van der Waals surface area contributed by atoms with E-state index in [0.29, 0.717) is 5.56 Å². The molecule has 1 rings (SSSR count). The van der Waals surface area contributed by atoms with Gasteiger partial charge in [-0.2, -0.15) is 0 Å². The molecule has 0 unspecified atom stereocenters. The third-order valence-electron chi connectivity index (χ3n) is 1.06. The summed E-state index contributed by atoms with van der Waals surface area (Å²) in [6.45, 7) is 5.66. The van der Waals surface area contributed by atoms with Crippen molar-refractivity contribution in [2.45, 2.75) is 20.8 Å². The van der Waals surface area contributed by atoms with Crippen molar-refractivity contribution in [2.75, 3.05) is 0 Å². The van der Waals surface area contributed by atoms with Crippen molar-refractivity contribution in [2.24, 2.45) is 0 Å². The third kappa shape index (κ3) is 2.95. The van der Waals surface area contributed by atoms with Crippen molar-refractivity contribution in [3.63, 3.8) is 0 Å². The molecular weight excluding hydrogens is 200 g/mol. The molecule has 0 radical (unpaired) electrons. The minimum atomic E-state index is -0.538. The van der Waals surface area contributed by atoms with Gasteiger partial charge in [0.2, 0.25) is 0 Å². The van der Waals surface area contributed by atoms with Gasteiger partial charge in [0.1, 0.15) is 5.15 Å². The largest absolute Gasteiger partial charge is 0.221 e. The molecule has 0 atom stereocenters. The summed E-state index contributed by atoms with van der Waals surface area (Å²) in [5, 5.41) is 0.0574. The van der Waals surface area contributed by atoms with E-state index >= 15 is 0 Å². The summed E-state index contributed by atoms with van der Waals surface area (Å²) in [6.07, 6.45) is 0. The fourth-order valence-corrected chi connectivity index (χ4v) is 0.858. The van der Waals surface area contributed by atoms with Crippen LogP contribution >= 0.6 is 23.2 Å². The van der Waals surface area contributed by atoms with E-state index in [-0.39, 0.29) is 10.3 Å². The first kappa shape index (κ1) is 11.7. The molecule has 0 saturated heterocycles. The second kappa shape index (κ2) is 5.33. The maximum Gasteiger partial charge on any atom is 0.166 e. The summed E-state index contributed by atoms with van der Waals surface area (Å²) >= 11 is 10.8. The molecule has 0 aliphatic rings. The first-order chi connectivity index (χ1) is 5.61. The lowest BCUT2D eigenvalue weighted by molar-refractivity contribution is 0.620. The normalized spacial score (nSPS) is 8.83. The fraction of sp³-hybridized carbons (Fsp3) is 0.375. The highest BCUT2D eigenvalue weighted by Crippen LogP contribution is 2.18. The number of aryl methyl sites for hydroxylation is 1. The number of rotatable bonds is 0. The zero-order valence-electron chi connectivity index (χ0n) is 7.16. The van der Waals surface area contributed by atoms with Crippen LogP contribution in [0.1, 0.15) is 19.4 Å². The van der Waals surface area contributed by atoms with Crippen molar-refractivity contribution < 1.29 is 4.39 Å². The van der Waals surface area contributed by atoms with E-state index in [1.54, 1.807) is 6.92 Å². The Hall–Kier alpha value is -0.340. The van der Waals surface area contributed by atoms with Crippen LogP contribution in [0.2, 0.25) is 10.3 Å². The van der Waals surface area contributed by atoms with Crippen LogP contribution in [0, 0.1) is 12.7 Å². The average Bonchev–Trinajstić information content (AvgIpc) is 2.05. The number of hydrogen-bond donors (Lipinski definition) is 0. The number of nitrogens with zero attached hydrogens (tertiary/aromatic N) is 1. The molecule has 0 N–H and O–H groups in total. The molecule has 12 heavy (non-hydrogen) atoms. The van der Waals surface area contributed by atoms with Crippen LogP contribution in [0.5, 0.6) is 0 Å². The van der Waals surface area contributed by atoms with Gasteiger partial charge in [-0.25, -0.2) is 9.37 Å². The molecule has 0 amide bonds. The SMILES string of the molecule is CC.Cc1cc(F)c(Cl)nc1Cl. The van der Waals surface area contributed by atoms with Gasteiger partial charge in [-0.3, -0.25) is 0 Å². The number of aromatic nitrogens is 1. The second-order valence-corrected chi connectivity index (χ2v) is 2.58. The van der Waals surface area contributed by atoms with Gasteiger partial charge in [0.15, 0.2) is 11.0 Å². The molecule has 0 aromatic carbocycles. The predicted molar refractivity (Wildman–Crippen MR) is 50.3 cm³/mol. The summed E-state index contributed by atoms with van der Waals surface area (Å²) in [5.74, 6) is -0.538. The van der Waals surface area contributed by atoms with Crippen LogP contribution in [0.4, 0.5) is 4.39 Å². The van der Waals surface area contributed by atoms with E-state index in [0.717, 1.165) is 0 Å². The topological polar surface area (TPSA) is 12.9 Å². The van der Waals surface area contributed by atoms with Gasteiger partial charge in [-0.1, -0.05) is 37.0 Å². The van der Waals surface area contributed by atoms with Crippen molar-refractivity contribution in [3.8, 4) is 0 Å². The average molecular weight is 210 g/mol. The summed E-state index contributed by atoms with van der Waals surface area (Å²) < 4.78 is 12.5. The monoisotopic (exact) mass is 209 g/mol. The van der Waals surface area contributed by atoms with Crippen LogP contribution < -0.4 is 0 Å². The molecule has 0 aliphatic carbocycles. The highest BCUT2D eigenvalue weighted by Gasteiger charge is 2.03. The number of pyridine rings is 1. The van der Waals surface area contributed by atoms with E-state index in [1.807, 2.05) is 13.8 Å². The Morgan fingerprint density at radius 1 is 1.25 bits per heavy atom. The molecule has 4 heteroatoms. The van der Waals surface area contributed by atoms with E-state index in [1.165, 1.54) is 6.07 Å². The highest BCUT2D eigenvalue weighted by atomic mass is 35.5. The Labute approximate surface area is 81.5 Å². The molecule has 0 bridgehead atoms. The zero-order valence-corrected chi connectivity index (χ0v) is 8.67. The first-order valence-electron chi connectivity index (χ1n) is 3.59. The van der Waals surface area contributed by atoms with Gasteiger partial charge in [0.05, 0.1) is 0 Å². The van der Waals surface area contributed by atoms with E-state index < -0.39 is 5.82 Å². The quantitative estimate of drug-likeness (QED) is 0.592. The number of halogens is 3. The Bertz CT molecular complexity index is 213. The van der Waals surface area contributed by atoms with Gasteiger partial charge in [-0.05, 0) is 18.6 Å². The standard InChI is InChI=1S/C6H4Cl2FN.C2H6/c1-3-2-4(9)6(8)10-5(3)7;1-2/h2H,1H3;1-2H3. The molecular formula is C8H10Cl2FN. The molecule has 0 aliphatic heterocycles. The summed E-state index contributed by atoms with van der Waals surface area (Å²) in [7, 11) is 0. The minimum Gasteiger partial charge on any atom is -0.221 e. The predicted octanol–water partition coefficient (Wildman–Crippen LogP) is 3.86.